The summed E-state index contributed by atoms with van der Waals surface area (Å²) in [5.41, 5.74) is 2.16. The van der Waals surface area contributed by atoms with Gasteiger partial charge < -0.3 is 4.90 Å². The highest BCUT2D eigenvalue weighted by Crippen LogP contribution is 2.30. The minimum atomic E-state index is -4.43. The van der Waals surface area contributed by atoms with Gasteiger partial charge in [0.25, 0.3) is 5.91 Å². The summed E-state index contributed by atoms with van der Waals surface area (Å²) in [5, 5.41) is 0.586. The molecule has 4 aromatic rings. The van der Waals surface area contributed by atoms with Gasteiger partial charge in [0.1, 0.15) is 0 Å². The molecule has 0 aliphatic carbocycles. The zero-order valence-corrected chi connectivity index (χ0v) is 16.6. The van der Waals surface area contributed by atoms with E-state index in [1.165, 1.54) is 11.0 Å². The van der Waals surface area contributed by atoms with E-state index in [1.807, 2.05) is 30.3 Å². The van der Waals surface area contributed by atoms with Crippen LogP contribution in [0.5, 0.6) is 0 Å². The number of aromatic nitrogens is 2. The van der Waals surface area contributed by atoms with Gasteiger partial charge >= 0.3 is 6.18 Å². The first kappa shape index (κ1) is 20.5. The molecule has 0 saturated carbocycles. The number of halogens is 3. The van der Waals surface area contributed by atoms with Crippen molar-refractivity contribution in [3.05, 3.63) is 95.8 Å². The number of hydrogen-bond acceptors (Lipinski definition) is 3. The molecule has 0 radical (unpaired) electrons. The van der Waals surface area contributed by atoms with Crippen LogP contribution in [0.25, 0.3) is 22.2 Å². The standard InChI is InChI=1S/C24H18F3N3O/c1-30(15-16-6-5-9-18(12-16)24(25,26)27)23(31)19-13-22(17-7-3-2-4-8-17)29-21-10-11-28-14-20(19)21/h2-14H,15H2,1H3. The van der Waals surface area contributed by atoms with Crippen molar-refractivity contribution >= 4 is 16.8 Å². The van der Waals surface area contributed by atoms with E-state index in [1.54, 1.807) is 37.6 Å². The first-order valence-electron chi connectivity index (χ1n) is 9.55. The van der Waals surface area contributed by atoms with Crippen molar-refractivity contribution in [3.8, 4) is 11.3 Å². The van der Waals surface area contributed by atoms with Crippen LogP contribution in [0.3, 0.4) is 0 Å². The van der Waals surface area contributed by atoms with Crippen molar-refractivity contribution in [1.82, 2.24) is 14.9 Å². The highest BCUT2D eigenvalue weighted by atomic mass is 19.4. The molecule has 0 saturated heterocycles. The second kappa shape index (κ2) is 8.18. The maximum absolute atomic E-state index is 13.3. The van der Waals surface area contributed by atoms with Gasteiger partial charge in [0.05, 0.1) is 22.3 Å². The van der Waals surface area contributed by atoms with Crippen LogP contribution in [-0.4, -0.2) is 27.8 Å². The number of carbonyl (C=O) groups excluding carboxylic acids is 1. The van der Waals surface area contributed by atoms with Gasteiger partial charge in [0.15, 0.2) is 0 Å². The maximum atomic E-state index is 13.3. The summed E-state index contributed by atoms with van der Waals surface area (Å²) in [5.74, 6) is -0.324. The van der Waals surface area contributed by atoms with E-state index >= 15 is 0 Å². The SMILES string of the molecule is CN(Cc1cccc(C(F)(F)F)c1)C(=O)c1cc(-c2ccccc2)nc2ccncc12. The second-order valence-electron chi connectivity index (χ2n) is 7.17. The molecule has 0 atom stereocenters. The predicted molar refractivity (Wildman–Crippen MR) is 112 cm³/mol. The number of rotatable bonds is 4. The number of benzene rings is 2. The van der Waals surface area contributed by atoms with Gasteiger partial charge in [0, 0.05) is 36.9 Å². The fraction of sp³-hybridized carbons (Fsp3) is 0.125. The third-order valence-electron chi connectivity index (χ3n) is 4.93. The average molecular weight is 421 g/mol. The zero-order valence-electron chi connectivity index (χ0n) is 16.6. The number of alkyl halides is 3. The van der Waals surface area contributed by atoms with Gasteiger partial charge in [0.2, 0.25) is 0 Å². The molecule has 0 fully saturated rings. The van der Waals surface area contributed by atoms with Gasteiger partial charge in [-0.05, 0) is 29.8 Å². The number of carbonyl (C=O) groups is 1. The summed E-state index contributed by atoms with van der Waals surface area (Å²) in [4.78, 5) is 23.4. The number of amides is 1. The van der Waals surface area contributed by atoms with Crippen molar-refractivity contribution in [2.75, 3.05) is 7.05 Å². The molecule has 0 unspecified atom stereocenters. The van der Waals surface area contributed by atoms with E-state index in [4.69, 9.17) is 0 Å². The molecule has 4 nitrogen and oxygen atoms in total. The Morgan fingerprint density at radius 1 is 1.00 bits per heavy atom. The molecule has 0 spiro atoms. The lowest BCUT2D eigenvalue weighted by Gasteiger charge is -2.19. The second-order valence-corrected chi connectivity index (χ2v) is 7.17. The molecule has 0 aliphatic heterocycles. The lowest BCUT2D eigenvalue weighted by molar-refractivity contribution is -0.137. The normalized spacial score (nSPS) is 11.5. The first-order valence-corrected chi connectivity index (χ1v) is 9.55. The monoisotopic (exact) mass is 421 g/mol. The molecule has 0 N–H and O–H groups in total. The molecule has 31 heavy (non-hydrogen) atoms. The van der Waals surface area contributed by atoms with Gasteiger partial charge in [-0.3, -0.25) is 9.78 Å². The Balaban J connectivity index is 1.70. The lowest BCUT2D eigenvalue weighted by Crippen LogP contribution is -2.26. The molecular formula is C24H18F3N3O. The van der Waals surface area contributed by atoms with Crippen LogP contribution in [0, 0.1) is 0 Å². The van der Waals surface area contributed by atoms with Gasteiger partial charge in [-0.15, -0.1) is 0 Å². The minimum Gasteiger partial charge on any atom is -0.337 e. The van der Waals surface area contributed by atoms with Crippen molar-refractivity contribution in [1.29, 1.82) is 0 Å². The summed E-state index contributed by atoms with van der Waals surface area (Å²) < 4.78 is 39.0. The van der Waals surface area contributed by atoms with E-state index in [0.29, 0.717) is 27.7 Å². The number of pyridine rings is 2. The Morgan fingerprint density at radius 3 is 2.52 bits per heavy atom. The predicted octanol–water partition coefficient (Wildman–Crippen LogP) is 5.59. The summed E-state index contributed by atoms with van der Waals surface area (Å²) in [6.45, 7) is 0.0352. The van der Waals surface area contributed by atoms with Crippen LogP contribution < -0.4 is 0 Å². The Labute approximate surface area is 177 Å². The van der Waals surface area contributed by atoms with Crippen LogP contribution in [0.1, 0.15) is 21.5 Å². The molecule has 156 valence electrons. The van der Waals surface area contributed by atoms with Gasteiger partial charge in [-0.25, -0.2) is 4.98 Å². The van der Waals surface area contributed by atoms with Crippen LogP contribution in [0.4, 0.5) is 13.2 Å². The maximum Gasteiger partial charge on any atom is 0.416 e. The van der Waals surface area contributed by atoms with Crippen molar-refractivity contribution in [2.24, 2.45) is 0 Å². The fourth-order valence-corrected chi connectivity index (χ4v) is 3.40. The van der Waals surface area contributed by atoms with Crippen molar-refractivity contribution < 1.29 is 18.0 Å². The summed E-state index contributed by atoms with van der Waals surface area (Å²) in [6, 6.07) is 17.9. The lowest BCUT2D eigenvalue weighted by atomic mass is 10.0. The fourth-order valence-electron chi connectivity index (χ4n) is 3.40. The molecule has 1 amide bonds. The summed E-state index contributed by atoms with van der Waals surface area (Å²) in [6.07, 6.45) is -1.26. The van der Waals surface area contributed by atoms with Crippen LogP contribution in [-0.2, 0) is 12.7 Å². The Kier molecular flexibility index (Phi) is 5.42. The molecular weight excluding hydrogens is 403 g/mol. The number of hydrogen-bond donors (Lipinski definition) is 0. The molecule has 2 aromatic heterocycles. The van der Waals surface area contributed by atoms with Gasteiger partial charge in [-0.2, -0.15) is 13.2 Å². The van der Waals surface area contributed by atoms with Crippen molar-refractivity contribution in [2.45, 2.75) is 12.7 Å². The highest BCUT2D eigenvalue weighted by Gasteiger charge is 2.30. The van der Waals surface area contributed by atoms with E-state index in [2.05, 4.69) is 9.97 Å². The molecule has 4 rings (SSSR count). The molecule has 2 heterocycles. The van der Waals surface area contributed by atoms with E-state index < -0.39 is 11.7 Å². The molecule has 0 bridgehead atoms. The third-order valence-corrected chi connectivity index (χ3v) is 4.93. The largest absolute Gasteiger partial charge is 0.416 e. The summed E-state index contributed by atoms with van der Waals surface area (Å²) >= 11 is 0. The van der Waals surface area contributed by atoms with Crippen LogP contribution in [0.15, 0.2) is 79.1 Å². The smallest absolute Gasteiger partial charge is 0.337 e. The minimum absolute atomic E-state index is 0.0352. The molecule has 0 aliphatic rings. The van der Waals surface area contributed by atoms with E-state index in [-0.39, 0.29) is 12.5 Å². The third kappa shape index (κ3) is 4.40. The quantitative estimate of drug-likeness (QED) is 0.432. The summed E-state index contributed by atoms with van der Waals surface area (Å²) in [7, 11) is 1.56. The number of fused-ring (bicyclic) bond motifs is 1. The van der Waals surface area contributed by atoms with Gasteiger partial charge in [-0.1, -0.05) is 42.5 Å². The Morgan fingerprint density at radius 2 is 1.77 bits per heavy atom. The highest BCUT2D eigenvalue weighted by molar-refractivity contribution is 6.06. The molecule has 7 heteroatoms. The molecule has 2 aromatic carbocycles. The van der Waals surface area contributed by atoms with E-state index in [0.717, 1.165) is 17.7 Å². The Hall–Kier alpha value is -3.74. The van der Waals surface area contributed by atoms with E-state index in [9.17, 15) is 18.0 Å². The zero-order chi connectivity index (χ0) is 22.0. The number of nitrogens with zero attached hydrogens (tertiary/aromatic N) is 3. The van der Waals surface area contributed by atoms with Crippen LogP contribution in [0.2, 0.25) is 0 Å². The first-order chi connectivity index (χ1) is 14.8. The average Bonchev–Trinajstić information content (AvgIpc) is 2.78. The Bertz CT molecular complexity index is 1240. The topological polar surface area (TPSA) is 46.1 Å². The van der Waals surface area contributed by atoms with Crippen LogP contribution >= 0.6 is 0 Å². The van der Waals surface area contributed by atoms with Crippen molar-refractivity contribution in [3.63, 3.8) is 0 Å².